The van der Waals surface area contributed by atoms with Crippen molar-refractivity contribution < 1.29 is 43.5 Å². The van der Waals surface area contributed by atoms with Crippen LogP contribution >= 0.6 is 0 Å². The molecule has 9 nitrogen and oxygen atoms in total. The maximum absolute atomic E-state index is 12.7. The van der Waals surface area contributed by atoms with E-state index < -0.39 is 64.5 Å². The van der Waals surface area contributed by atoms with Crippen LogP contribution in [0.1, 0.15) is 66.2 Å². The SMILES string of the molecule is COC12CCC3(C)C(CC(OC(C)=O)C4C5(O)CC=C(C(C)=O)C5(CO)CC(OC(C)=O)C43O1)C2. The number of carbonyl (C=O) groups is 3. The molecule has 0 amide bonds. The third-order valence-corrected chi connectivity index (χ3v) is 10.2. The number of methoxy groups -OCH3 is 1. The molecule has 4 aliphatic carbocycles. The number of esters is 2. The fourth-order valence-corrected chi connectivity index (χ4v) is 8.85. The average Bonchev–Trinajstić information content (AvgIpc) is 3.06. The first-order chi connectivity index (χ1) is 16.3. The fourth-order valence-electron chi connectivity index (χ4n) is 8.85. The molecule has 9 unspecified atom stereocenters. The Morgan fingerprint density at radius 3 is 2.37 bits per heavy atom. The molecule has 5 fully saturated rings. The van der Waals surface area contributed by atoms with E-state index in [0.29, 0.717) is 31.3 Å². The van der Waals surface area contributed by atoms with E-state index in [1.54, 1.807) is 13.2 Å². The zero-order valence-electron chi connectivity index (χ0n) is 21.1. The Bertz CT molecular complexity index is 1010. The van der Waals surface area contributed by atoms with Crippen molar-refractivity contribution in [3.8, 4) is 0 Å². The van der Waals surface area contributed by atoms with Crippen LogP contribution in [-0.4, -0.2) is 70.8 Å². The van der Waals surface area contributed by atoms with Crippen molar-refractivity contribution in [2.45, 2.75) is 95.4 Å². The molecule has 2 saturated heterocycles. The predicted molar refractivity (Wildman–Crippen MR) is 121 cm³/mol. The van der Waals surface area contributed by atoms with Crippen LogP contribution in [0.3, 0.4) is 0 Å². The van der Waals surface area contributed by atoms with Gasteiger partial charge in [-0.1, -0.05) is 13.0 Å². The van der Waals surface area contributed by atoms with E-state index in [1.165, 1.54) is 20.8 Å². The second-order valence-electron chi connectivity index (χ2n) is 11.5. The molecular formula is C26H36O9. The largest absolute Gasteiger partial charge is 0.462 e. The minimum Gasteiger partial charge on any atom is -0.462 e. The average molecular weight is 493 g/mol. The molecule has 9 atom stereocenters. The van der Waals surface area contributed by atoms with E-state index in [4.69, 9.17) is 18.9 Å². The van der Waals surface area contributed by atoms with Gasteiger partial charge in [-0.05, 0) is 32.1 Å². The van der Waals surface area contributed by atoms with Gasteiger partial charge in [0.05, 0.1) is 23.5 Å². The summed E-state index contributed by atoms with van der Waals surface area (Å²) in [5, 5.41) is 23.4. The first kappa shape index (κ1) is 24.9. The molecule has 2 heterocycles. The number of fused-ring (bicyclic) bond motifs is 3. The van der Waals surface area contributed by atoms with Crippen LogP contribution in [0.4, 0.5) is 0 Å². The summed E-state index contributed by atoms with van der Waals surface area (Å²) < 4.78 is 24.7. The van der Waals surface area contributed by atoms with Gasteiger partial charge in [-0.25, -0.2) is 0 Å². The summed E-state index contributed by atoms with van der Waals surface area (Å²) in [7, 11) is 1.60. The fraction of sp³-hybridized carbons (Fsp3) is 0.808. The van der Waals surface area contributed by atoms with Crippen molar-refractivity contribution >= 4 is 17.7 Å². The molecule has 0 aromatic carbocycles. The topological polar surface area (TPSA) is 129 Å². The molecule has 0 aromatic heterocycles. The Balaban J connectivity index is 1.79. The highest BCUT2D eigenvalue weighted by Crippen LogP contribution is 2.75. The van der Waals surface area contributed by atoms with Crippen molar-refractivity contribution in [1.82, 2.24) is 0 Å². The lowest BCUT2D eigenvalue weighted by Gasteiger charge is -2.76. The van der Waals surface area contributed by atoms with Gasteiger partial charge in [0.15, 0.2) is 11.6 Å². The van der Waals surface area contributed by atoms with Crippen molar-refractivity contribution in [2.75, 3.05) is 13.7 Å². The normalized spacial score (nSPS) is 49.5. The summed E-state index contributed by atoms with van der Waals surface area (Å²) in [5.74, 6) is -3.06. The summed E-state index contributed by atoms with van der Waals surface area (Å²) in [4.78, 5) is 37.4. The standard InChI is InChI=1S/C26H36O9/c1-14(28)18-6-7-25(31)21-19(33-15(2)29)10-17-11-24(32-5)9-8-22(17,4)26(21,35-24)20(34-16(3)30)12-23(18,25)13-27/h6,17,19-21,27,31H,7-13H2,1-5H3. The number of ketones is 1. The number of carbonyl (C=O) groups excluding carboxylic acids is 3. The summed E-state index contributed by atoms with van der Waals surface area (Å²) in [6.07, 6.45) is 2.54. The van der Waals surface area contributed by atoms with Crippen molar-refractivity contribution in [3.05, 3.63) is 11.6 Å². The van der Waals surface area contributed by atoms with E-state index in [0.717, 1.165) is 0 Å². The van der Waals surface area contributed by atoms with Gasteiger partial charge in [-0.15, -0.1) is 0 Å². The van der Waals surface area contributed by atoms with Crippen molar-refractivity contribution in [3.63, 3.8) is 0 Å². The van der Waals surface area contributed by atoms with E-state index in [1.807, 2.05) is 0 Å². The Kier molecular flexibility index (Phi) is 5.40. The molecule has 6 aliphatic rings. The molecule has 9 heteroatoms. The maximum atomic E-state index is 12.7. The lowest BCUT2D eigenvalue weighted by atomic mass is 9.37. The molecular weight excluding hydrogens is 456 g/mol. The Labute approximate surface area is 205 Å². The third kappa shape index (κ3) is 2.87. The monoisotopic (exact) mass is 492 g/mol. The zero-order valence-corrected chi connectivity index (χ0v) is 21.1. The Hall–Kier alpha value is -1.81. The minimum absolute atomic E-state index is 0.0103. The van der Waals surface area contributed by atoms with Crippen molar-refractivity contribution in [2.24, 2.45) is 22.7 Å². The van der Waals surface area contributed by atoms with E-state index in [-0.39, 0.29) is 24.5 Å². The van der Waals surface area contributed by atoms with Crippen LogP contribution in [0, 0.1) is 22.7 Å². The first-order valence-electron chi connectivity index (χ1n) is 12.5. The number of rotatable bonds is 5. The molecule has 35 heavy (non-hydrogen) atoms. The van der Waals surface area contributed by atoms with Crippen molar-refractivity contribution in [1.29, 1.82) is 0 Å². The molecule has 194 valence electrons. The van der Waals surface area contributed by atoms with Gasteiger partial charge in [-0.3, -0.25) is 14.4 Å². The first-order valence-corrected chi connectivity index (χ1v) is 12.5. The minimum atomic E-state index is -1.67. The number of ether oxygens (including phenoxy) is 4. The van der Waals surface area contributed by atoms with Crippen LogP contribution in [0.15, 0.2) is 11.6 Å². The molecule has 4 bridgehead atoms. The van der Waals surface area contributed by atoms with Crippen LogP contribution in [-0.2, 0) is 33.3 Å². The van der Waals surface area contributed by atoms with Crippen LogP contribution in [0.5, 0.6) is 0 Å². The van der Waals surface area contributed by atoms with Crippen LogP contribution < -0.4 is 0 Å². The van der Waals surface area contributed by atoms with Gasteiger partial charge < -0.3 is 29.2 Å². The number of aliphatic hydroxyl groups excluding tert-OH is 1. The van der Waals surface area contributed by atoms with Crippen LogP contribution in [0.25, 0.3) is 0 Å². The second kappa shape index (κ2) is 7.60. The smallest absolute Gasteiger partial charge is 0.303 e. The van der Waals surface area contributed by atoms with Gasteiger partial charge >= 0.3 is 11.9 Å². The summed E-state index contributed by atoms with van der Waals surface area (Å²) in [5.41, 5.74) is -4.52. The van der Waals surface area contributed by atoms with Crippen LogP contribution in [0.2, 0.25) is 0 Å². The number of hydrogen-bond donors (Lipinski definition) is 2. The molecule has 2 aliphatic heterocycles. The third-order valence-electron chi connectivity index (χ3n) is 10.2. The van der Waals surface area contributed by atoms with E-state index >= 15 is 0 Å². The summed E-state index contributed by atoms with van der Waals surface area (Å²) in [6, 6.07) is 0. The molecule has 0 aromatic rings. The second-order valence-corrected chi connectivity index (χ2v) is 11.5. The van der Waals surface area contributed by atoms with Gasteiger partial charge in [0.25, 0.3) is 0 Å². The van der Waals surface area contributed by atoms with Gasteiger partial charge in [0, 0.05) is 51.2 Å². The highest BCUT2D eigenvalue weighted by molar-refractivity contribution is 5.96. The molecule has 2 N–H and O–H groups in total. The molecule has 3 saturated carbocycles. The van der Waals surface area contributed by atoms with Gasteiger partial charge in [0.1, 0.15) is 17.8 Å². The Morgan fingerprint density at radius 2 is 1.80 bits per heavy atom. The highest BCUT2D eigenvalue weighted by Gasteiger charge is 2.84. The lowest BCUT2D eigenvalue weighted by molar-refractivity contribution is -0.459. The number of Topliss-reactive ketones (excluding diaryl/α,β-unsaturated/α-hetero) is 1. The molecule has 1 spiro atoms. The quantitative estimate of drug-likeness (QED) is 0.552. The molecule has 0 radical (unpaired) electrons. The summed E-state index contributed by atoms with van der Waals surface area (Å²) >= 11 is 0. The number of hydrogen-bond acceptors (Lipinski definition) is 9. The lowest BCUT2D eigenvalue weighted by Crippen LogP contribution is -2.85. The van der Waals surface area contributed by atoms with E-state index in [9.17, 15) is 24.6 Å². The maximum Gasteiger partial charge on any atom is 0.303 e. The van der Waals surface area contributed by atoms with E-state index in [2.05, 4.69) is 6.92 Å². The summed E-state index contributed by atoms with van der Waals surface area (Å²) in [6.45, 7) is 5.62. The van der Waals surface area contributed by atoms with Gasteiger partial charge in [-0.2, -0.15) is 0 Å². The Morgan fingerprint density at radius 1 is 1.11 bits per heavy atom. The zero-order chi connectivity index (χ0) is 25.6. The predicted octanol–water partition coefficient (Wildman–Crippen LogP) is 1.82. The highest BCUT2D eigenvalue weighted by atomic mass is 16.7. The number of aliphatic hydroxyl groups is 2. The molecule has 6 rings (SSSR count). The van der Waals surface area contributed by atoms with Gasteiger partial charge in [0.2, 0.25) is 0 Å².